The van der Waals surface area contributed by atoms with E-state index in [-0.39, 0.29) is 18.5 Å². The molecular weight excluding hydrogens is 285 g/mol. The third kappa shape index (κ3) is 3.49. The number of ether oxygens (including phenoxy) is 1. The third-order valence-corrected chi connectivity index (χ3v) is 5.50. The van der Waals surface area contributed by atoms with E-state index in [0.29, 0.717) is 0 Å². The molecule has 2 rings (SSSR count). The molecule has 16 heavy (non-hydrogen) atoms. The van der Waals surface area contributed by atoms with Crippen LogP contribution in [0.1, 0.15) is 11.7 Å². The Morgan fingerprint density at radius 1 is 1.25 bits per heavy atom. The molecule has 1 saturated heterocycles. The molecule has 1 N–H and O–H groups in total. The number of hydrogen-bond acceptors (Lipinski definition) is 2. The number of hydrogen-bond donors (Lipinski definition) is 1. The summed E-state index contributed by atoms with van der Waals surface area (Å²) in [6, 6.07) is 8.99. The van der Waals surface area contributed by atoms with E-state index < -0.39 is 14.7 Å². The molecule has 0 aromatic heterocycles. The van der Waals surface area contributed by atoms with Gasteiger partial charge in [-0.05, 0) is 0 Å². The number of nitrogens with one attached hydrogen (secondary N) is 1. The molecule has 2 nitrogen and oxygen atoms in total. The zero-order chi connectivity index (χ0) is 10.7. The number of halogens is 1. The molecule has 1 aliphatic rings. The predicted molar refractivity (Wildman–Crippen MR) is 72.4 cm³/mol. The van der Waals surface area contributed by atoms with Crippen LogP contribution in [0.3, 0.4) is 0 Å². The smallest absolute Gasteiger partial charge is 0.147 e. The Kier molecular flexibility index (Phi) is 5.85. The van der Waals surface area contributed by atoms with Gasteiger partial charge in [0.2, 0.25) is 0 Å². The van der Waals surface area contributed by atoms with E-state index in [1.54, 1.807) is 0 Å². The molecule has 1 aromatic rings. The van der Waals surface area contributed by atoms with Crippen molar-refractivity contribution in [1.29, 1.82) is 0 Å². The first kappa shape index (κ1) is 14.1. The van der Waals surface area contributed by atoms with Crippen LogP contribution in [-0.4, -0.2) is 34.3 Å². The molecule has 0 amide bonds. The maximum Gasteiger partial charge on any atom is -0.147 e. The van der Waals surface area contributed by atoms with Gasteiger partial charge in [0.05, 0.1) is 0 Å². The van der Waals surface area contributed by atoms with E-state index in [9.17, 15) is 0 Å². The fraction of sp³-hybridized carbons (Fsp3) is 0.500. The van der Waals surface area contributed by atoms with Gasteiger partial charge in [0.15, 0.2) is 0 Å². The van der Waals surface area contributed by atoms with E-state index in [1.165, 1.54) is 9.91 Å². The molecule has 0 aliphatic carbocycles. The predicted octanol–water partition coefficient (Wildman–Crippen LogP) is 1.73. The summed E-state index contributed by atoms with van der Waals surface area (Å²) >= 11 is -0.711. The van der Waals surface area contributed by atoms with Gasteiger partial charge < -0.3 is 0 Å². The van der Waals surface area contributed by atoms with Crippen LogP contribution in [0, 0.1) is 0 Å². The maximum atomic E-state index is 5.71. The number of morpholine rings is 1. The fourth-order valence-electron chi connectivity index (χ4n) is 1.77. The third-order valence-electron chi connectivity index (χ3n) is 2.71. The van der Waals surface area contributed by atoms with Gasteiger partial charge >= 0.3 is 96.1 Å². The van der Waals surface area contributed by atoms with Crippen LogP contribution in [0.5, 0.6) is 0 Å². The molecule has 1 aromatic carbocycles. The number of rotatable bonds is 2. The Morgan fingerprint density at radius 2 is 1.94 bits per heavy atom. The van der Waals surface area contributed by atoms with Crippen molar-refractivity contribution in [2.45, 2.75) is 17.5 Å². The molecule has 90 valence electrons. The van der Waals surface area contributed by atoms with E-state index in [1.807, 2.05) is 0 Å². The minimum atomic E-state index is -0.711. The van der Waals surface area contributed by atoms with E-state index in [2.05, 4.69) is 41.0 Å². The Labute approximate surface area is 108 Å². The van der Waals surface area contributed by atoms with Crippen LogP contribution >= 0.6 is 12.4 Å². The Balaban J connectivity index is 0.00000128. The summed E-state index contributed by atoms with van der Waals surface area (Å²) in [6.45, 7) is 2.75. The summed E-state index contributed by atoms with van der Waals surface area (Å²) in [4.78, 5) is 0. The van der Waals surface area contributed by atoms with E-state index in [4.69, 9.17) is 4.74 Å². The van der Waals surface area contributed by atoms with Crippen LogP contribution < -0.4 is 9.67 Å². The molecule has 1 heterocycles. The summed E-state index contributed by atoms with van der Waals surface area (Å²) < 4.78 is 7.25. The van der Waals surface area contributed by atoms with Crippen LogP contribution in [-0.2, 0) is 4.74 Å². The summed E-state index contributed by atoms with van der Waals surface area (Å²) in [7, 11) is 0. The van der Waals surface area contributed by atoms with Gasteiger partial charge in [-0.2, -0.15) is 0 Å². The molecule has 0 unspecified atom stereocenters. The van der Waals surface area contributed by atoms with Crippen molar-refractivity contribution >= 4 is 31.4 Å². The molecule has 0 bridgehead atoms. The van der Waals surface area contributed by atoms with Crippen LogP contribution in [0.25, 0.3) is 0 Å². The van der Waals surface area contributed by atoms with Gasteiger partial charge in [-0.15, -0.1) is 12.4 Å². The topological polar surface area (TPSA) is 21.3 Å². The Morgan fingerprint density at radius 3 is 2.44 bits per heavy atom. The molecule has 1 fully saturated rings. The monoisotopic (exact) mass is 303 g/mol. The van der Waals surface area contributed by atoms with Crippen LogP contribution in [0.4, 0.5) is 0 Å². The van der Waals surface area contributed by atoms with Crippen molar-refractivity contribution in [3.8, 4) is 0 Å². The van der Waals surface area contributed by atoms with Gasteiger partial charge in [-0.25, -0.2) is 0 Å². The van der Waals surface area contributed by atoms with Crippen LogP contribution in [0.15, 0.2) is 24.3 Å². The molecule has 0 saturated carbocycles. The van der Waals surface area contributed by atoms with Gasteiger partial charge in [0.25, 0.3) is 0 Å². The molecule has 1 atom stereocenters. The van der Waals surface area contributed by atoms with Crippen molar-refractivity contribution in [3.05, 3.63) is 29.8 Å². The first-order valence-electron chi connectivity index (χ1n) is 5.37. The van der Waals surface area contributed by atoms with Gasteiger partial charge in [-0.1, -0.05) is 0 Å². The summed E-state index contributed by atoms with van der Waals surface area (Å²) in [5, 5.41) is 3.35. The minimum absolute atomic E-state index is 0. The summed E-state index contributed by atoms with van der Waals surface area (Å²) in [5.41, 5.74) is 6.03. The molecular formula is C12H19AsClNO. The van der Waals surface area contributed by atoms with E-state index in [0.717, 1.165) is 19.7 Å². The van der Waals surface area contributed by atoms with Crippen molar-refractivity contribution in [1.82, 2.24) is 5.32 Å². The second-order valence-electron chi connectivity index (χ2n) is 4.05. The number of benzene rings is 1. The maximum absolute atomic E-state index is 5.71. The minimum Gasteiger partial charge on any atom is -0.147 e. The van der Waals surface area contributed by atoms with Crippen molar-refractivity contribution in [3.63, 3.8) is 0 Å². The SMILES string of the molecule is C[As](C)c1ccc([C@H]2CNCCO2)cc1.Cl. The first-order chi connectivity index (χ1) is 7.27. The average molecular weight is 304 g/mol. The zero-order valence-corrected chi connectivity index (χ0v) is 12.5. The van der Waals surface area contributed by atoms with Crippen molar-refractivity contribution in [2.75, 3.05) is 19.7 Å². The first-order valence-corrected chi connectivity index (χ1v) is 10.1. The zero-order valence-electron chi connectivity index (χ0n) is 9.77. The Hall–Kier alpha value is -0.0116. The standard InChI is InChI=1S/C12H18AsNO.ClH/c1-13(2)11-5-3-10(4-6-11)12-9-14-7-8-15-12;/h3-6,12,14H,7-9H2,1-2H3;1H/t12-;/m1./s1. The molecule has 1 aliphatic heterocycles. The van der Waals surface area contributed by atoms with Gasteiger partial charge in [0.1, 0.15) is 0 Å². The normalized spacial score (nSPS) is 20.6. The second kappa shape index (κ2) is 6.66. The van der Waals surface area contributed by atoms with Crippen molar-refractivity contribution < 1.29 is 4.74 Å². The average Bonchev–Trinajstić information content (AvgIpc) is 2.30. The molecule has 0 radical (unpaired) electrons. The van der Waals surface area contributed by atoms with Gasteiger partial charge in [-0.3, -0.25) is 0 Å². The summed E-state index contributed by atoms with van der Waals surface area (Å²) in [5.74, 6) is 0. The second-order valence-corrected chi connectivity index (χ2v) is 8.89. The quantitative estimate of drug-likeness (QED) is 0.840. The Bertz CT molecular complexity index is 309. The van der Waals surface area contributed by atoms with E-state index >= 15 is 0 Å². The van der Waals surface area contributed by atoms with Gasteiger partial charge in [0, 0.05) is 0 Å². The summed E-state index contributed by atoms with van der Waals surface area (Å²) in [6.07, 6.45) is 0.252. The van der Waals surface area contributed by atoms with Crippen molar-refractivity contribution in [2.24, 2.45) is 0 Å². The van der Waals surface area contributed by atoms with Crippen LogP contribution in [0.2, 0.25) is 11.4 Å². The molecule has 4 heteroatoms. The fourth-order valence-corrected chi connectivity index (χ4v) is 3.33. The largest absolute Gasteiger partial charge is 0.147 e. The molecule has 0 spiro atoms.